The molecule has 1 aliphatic carbocycles. The number of nitriles is 2. The molecule has 19 heavy (non-hydrogen) atoms. The van der Waals surface area contributed by atoms with Gasteiger partial charge in [0.1, 0.15) is 11.3 Å². The van der Waals surface area contributed by atoms with Crippen LogP contribution in [0, 0.1) is 33.5 Å². The number of hydrogen-bond donors (Lipinski definition) is 1. The standard InChI is InChI=1S/C13H14N4O2/c1-9-2-3-12(8-15)11(6-9,7-14)10(16)17-13(12)18-4-5-19-13/h2H,3-6H2,1H3,(H2,16,17)/t11-,12-/m1/s1. The molecule has 0 saturated carbocycles. The highest BCUT2D eigenvalue weighted by Gasteiger charge is 2.74. The lowest BCUT2D eigenvalue weighted by Gasteiger charge is -2.43. The van der Waals surface area contributed by atoms with Crippen molar-refractivity contribution in [3.63, 3.8) is 0 Å². The second-order valence-electron chi connectivity index (χ2n) is 5.24. The zero-order chi connectivity index (χ0) is 13.7. The highest BCUT2D eigenvalue weighted by atomic mass is 16.8. The summed E-state index contributed by atoms with van der Waals surface area (Å²) in [4.78, 5) is 4.26. The zero-order valence-corrected chi connectivity index (χ0v) is 10.6. The first-order valence-electron chi connectivity index (χ1n) is 6.18. The largest absolute Gasteiger partial charge is 0.386 e. The van der Waals surface area contributed by atoms with Crippen LogP contribution in [0.3, 0.4) is 0 Å². The number of rotatable bonds is 0. The summed E-state index contributed by atoms with van der Waals surface area (Å²) in [6, 6.07) is 4.47. The van der Waals surface area contributed by atoms with E-state index in [0.29, 0.717) is 26.1 Å². The Balaban J connectivity index is 2.26. The molecule has 0 unspecified atom stereocenters. The Labute approximate surface area is 111 Å². The summed E-state index contributed by atoms with van der Waals surface area (Å²) in [7, 11) is 0. The summed E-state index contributed by atoms with van der Waals surface area (Å²) >= 11 is 0. The van der Waals surface area contributed by atoms with Gasteiger partial charge in [0.2, 0.25) is 0 Å². The van der Waals surface area contributed by atoms with Crippen LogP contribution in [0.25, 0.3) is 0 Å². The van der Waals surface area contributed by atoms with Crippen LogP contribution < -0.4 is 5.73 Å². The van der Waals surface area contributed by atoms with E-state index in [1.165, 1.54) is 0 Å². The minimum absolute atomic E-state index is 0.144. The number of hydrogen-bond acceptors (Lipinski definition) is 6. The second-order valence-corrected chi connectivity index (χ2v) is 5.24. The lowest BCUT2D eigenvalue weighted by Crippen LogP contribution is -2.56. The summed E-state index contributed by atoms with van der Waals surface area (Å²) in [6.45, 7) is 2.63. The van der Waals surface area contributed by atoms with E-state index in [2.05, 4.69) is 17.1 Å². The van der Waals surface area contributed by atoms with Crippen LogP contribution in [0.4, 0.5) is 0 Å². The molecule has 2 aliphatic heterocycles. The quantitative estimate of drug-likeness (QED) is 0.647. The van der Waals surface area contributed by atoms with E-state index in [1.54, 1.807) is 0 Å². The van der Waals surface area contributed by atoms with Gasteiger partial charge in [0.25, 0.3) is 5.91 Å². The van der Waals surface area contributed by atoms with Gasteiger partial charge in [-0.15, -0.1) is 0 Å². The number of ether oxygens (including phenoxy) is 2. The van der Waals surface area contributed by atoms with Gasteiger partial charge >= 0.3 is 0 Å². The van der Waals surface area contributed by atoms with E-state index in [0.717, 1.165) is 5.57 Å². The van der Waals surface area contributed by atoms with Gasteiger partial charge in [-0.05, 0) is 19.8 Å². The molecule has 1 saturated heterocycles. The van der Waals surface area contributed by atoms with Crippen molar-refractivity contribution in [1.82, 2.24) is 0 Å². The summed E-state index contributed by atoms with van der Waals surface area (Å²) < 4.78 is 11.2. The van der Waals surface area contributed by atoms with Crippen LogP contribution >= 0.6 is 0 Å². The Kier molecular flexibility index (Phi) is 2.28. The van der Waals surface area contributed by atoms with Crippen molar-refractivity contribution in [1.29, 1.82) is 10.5 Å². The van der Waals surface area contributed by atoms with E-state index in [9.17, 15) is 10.5 Å². The molecule has 0 radical (unpaired) electrons. The molecule has 0 amide bonds. The first-order valence-corrected chi connectivity index (χ1v) is 6.18. The Morgan fingerprint density at radius 1 is 1.32 bits per heavy atom. The minimum Gasteiger partial charge on any atom is -0.386 e. The van der Waals surface area contributed by atoms with Crippen LogP contribution in [-0.2, 0) is 9.47 Å². The fourth-order valence-corrected chi connectivity index (χ4v) is 3.32. The molecular formula is C13H14N4O2. The Morgan fingerprint density at radius 2 is 2.00 bits per heavy atom. The molecular weight excluding hydrogens is 244 g/mol. The van der Waals surface area contributed by atoms with Gasteiger partial charge in [-0.2, -0.15) is 10.5 Å². The van der Waals surface area contributed by atoms with Crippen molar-refractivity contribution >= 4 is 5.84 Å². The number of nitrogens with two attached hydrogens (primary N) is 1. The van der Waals surface area contributed by atoms with E-state index in [4.69, 9.17) is 15.2 Å². The maximum atomic E-state index is 9.76. The van der Waals surface area contributed by atoms with Crippen molar-refractivity contribution in [3.8, 4) is 12.1 Å². The summed E-state index contributed by atoms with van der Waals surface area (Å²) in [5, 5.41) is 19.4. The lowest BCUT2D eigenvalue weighted by molar-refractivity contribution is -0.220. The third kappa shape index (κ3) is 1.14. The van der Waals surface area contributed by atoms with Gasteiger partial charge < -0.3 is 15.2 Å². The Bertz CT molecular complexity index is 576. The van der Waals surface area contributed by atoms with Gasteiger partial charge in [-0.1, -0.05) is 11.6 Å². The number of nitrogens with zero attached hydrogens (tertiary/aromatic N) is 3. The normalized spacial score (nSPS) is 39.1. The van der Waals surface area contributed by atoms with E-state index in [-0.39, 0.29) is 5.84 Å². The lowest BCUT2D eigenvalue weighted by atomic mass is 9.57. The predicted octanol–water partition coefficient (Wildman–Crippen LogP) is 0.818. The maximum absolute atomic E-state index is 9.76. The molecule has 1 spiro atoms. The third-order valence-corrected chi connectivity index (χ3v) is 4.33. The summed E-state index contributed by atoms with van der Waals surface area (Å²) in [5.74, 6) is -1.27. The molecule has 2 atom stereocenters. The average Bonchev–Trinajstić information content (AvgIpc) is 2.95. The van der Waals surface area contributed by atoms with Gasteiger partial charge in [-0.3, -0.25) is 0 Å². The van der Waals surface area contributed by atoms with Crippen LogP contribution in [0.2, 0.25) is 0 Å². The van der Waals surface area contributed by atoms with Crippen LogP contribution in [-0.4, -0.2) is 25.0 Å². The smallest absolute Gasteiger partial charge is 0.293 e. The molecule has 6 nitrogen and oxygen atoms in total. The summed E-state index contributed by atoms with van der Waals surface area (Å²) in [6.07, 6.45) is 2.69. The molecule has 6 heteroatoms. The molecule has 0 aromatic carbocycles. The third-order valence-electron chi connectivity index (χ3n) is 4.33. The molecule has 1 fully saturated rings. The molecule has 2 N–H and O–H groups in total. The number of amidine groups is 1. The number of aliphatic imine (C=N–C) groups is 1. The highest BCUT2D eigenvalue weighted by Crippen LogP contribution is 2.62. The van der Waals surface area contributed by atoms with Crippen molar-refractivity contribution < 1.29 is 9.47 Å². The van der Waals surface area contributed by atoms with Gasteiger partial charge in [0, 0.05) is 0 Å². The van der Waals surface area contributed by atoms with Crippen LogP contribution in [0.15, 0.2) is 16.6 Å². The molecule has 3 rings (SSSR count). The molecule has 3 aliphatic rings. The van der Waals surface area contributed by atoms with Gasteiger partial charge in [0.15, 0.2) is 5.41 Å². The van der Waals surface area contributed by atoms with Crippen LogP contribution in [0.5, 0.6) is 0 Å². The average molecular weight is 258 g/mol. The molecule has 98 valence electrons. The monoisotopic (exact) mass is 258 g/mol. The van der Waals surface area contributed by atoms with Crippen molar-refractivity contribution in [3.05, 3.63) is 11.6 Å². The number of fused-ring (bicyclic) bond motifs is 2. The molecule has 0 bridgehead atoms. The second kappa shape index (κ2) is 3.57. The fraction of sp³-hybridized carbons (Fsp3) is 0.615. The first kappa shape index (κ1) is 12.2. The first-order chi connectivity index (χ1) is 9.06. The number of allylic oxidation sites excluding steroid dienone is 2. The van der Waals surface area contributed by atoms with Crippen molar-refractivity contribution in [2.75, 3.05) is 13.2 Å². The van der Waals surface area contributed by atoms with Crippen molar-refractivity contribution in [2.24, 2.45) is 21.6 Å². The molecule has 0 aromatic heterocycles. The predicted molar refractivity (Wildman–Crippen MR) is 65.3 cm³/mol. The van der Waals surface area contributed by atoms with Crippen molar-refractivity contribution in [2.45, 2.75) is 25.7 Å². The van der Waals surface area contributed by atoms with Gasteiger partial charge in [0.05, 0.1) is 25.4 Å². The molecule has 2 heterocycles. The van der Waals surface area contributed by atoms with E-state index < -0.39 is 16.7 Å². The van der Waals surface area contributed by atoms with E-state index in [1.807, 2.05) is 13.0 Å². The fourth-order valence-electron chi connectivity index (χ4n) is 3.32. The zero-order valence-electron chi connectivity index (χ0n) is 10.6. The topological polar surface area (TPSA) is 104 Å². The summed E-state index contributed by atoms with van der Waals surface area (Å²) in [5.41, 5.74) is 4.67. The maximum Gasteiger partial charge on any atom is 0.293 e. The highest BCUT2D eigenvalue weighted by molar-refractivity contribution is 5.94. The Morgan fingerprint density at radius 3 is 2.58 bits per heavy atom. The van der Waals surface area contributed by atoms with E-state index >= 15 is 0 Å². The van der Waals surface area contributed by atoms with Crippen LogP contribution in [0.1, 0.15) is 19.8 Å². The SMILES string of the molecule is CC1=CC[C@]2(C#N)C3(N=C(N)[C@]2(C#N)C1)OCCO3. The minimum atomic E-state index is -1.42. The Hall–Kier alpha value is -1.89. The molecule has 0 aromatic rings. The van der Waals surface area contributed by atoms with Gasteiger partial charge in [-0.25, -0.2) is 4.99 Å².